The number of anilines is 1. The maximum atomic E-state index is 5.61. The Morgan fingerprint density at radius 1 is 1.54 bits per heavy atom. The van der Waals surface area contributed by atoms with Gasteiger partial charge in [0.2, 0.25) is 0 Å². The Morgan fingerprint density at radius 3 is 3.15 bits per heavy atom. The van der Waals surface area contributed by atoms with Gasteiger partial charge in [0, 0.05) is 6.07 Å². The third-order valence-corrected chi connectivity index (χ3v) is 2.09. The van der Waals surface area contributed by atoms with Gasteiger partial charge in [0.25, 0.3) is 0 Å². The van der Waals surface area contributed by atoms with E-state index in [1.807, 2.05) is 25.1 Å². The van der Waals surface area contributed by atoms with Gasteiger partial charge in [-0.3, -0.25) is 0 Å². The van der Waals surface area contributed by atoms with Crippen LogP contribution in [0.25, 0.3) is 0 Å². The van der Waals surface area contributed by atoms with E-state index < -0.39 is 0 Å². The zero-order valence-corrected chi connectivity index (χ0v) is 7.83. The summed E-state index contributed by atoms with van der Waals surface area (Å²) in [4.78, 5) is 0. The van der Waals surface area contributed by atoms with Crippen molar-refractivity contribution in [2.75, 3.05) is 19.0 Å². The van der Waals surface area contributed by atoms with E-state index in [0.717, 1.165) is 23.7 Å². The highest BCUT2D eigenvalue weighted by Crippen LogP contribution is 2.32. The minimum atomic E-state index is 0.237. The van der Waals surface area contributed by atoms with Crippen molar-refractivity contribution in [3.8, 4) is 11.5 Å². The summed E-state index contributed by atoms with van der Waals surface area (Å²) in [5, 5.41) is 3.28. The molecule has 1 aromatic carbocycles. The summed E-state index contributed by atoms with van der Waals surface area (Å²) in [6.07, 6.45) is 0.237. The number of hydrogen-bond donors (Lipinski definition) is 1. The van der Waals surface area contributed by atoms with Crippen molar-refractivity contribution in [1.29, 1.82) is 0 Å². The van der Waals surface area contributed by atoms with Crippen LogP contribution in [0.15, 0.2) is 18.2 Å². The molecule has 3 nitrogen and oxygen atoms in total. The van der Waals surface area contributed by atoms with E-state index in [0.29, 0.717) is 0 Å². The number of fused-ring (bicyclic) bond motifs is 1. The third kappa shape index (κ3) is 1.54. The Labute approximate surface area is 77.7 Å². The van der Waals surface area contributed by atoms with Crippen LogP contribution in [0.4, 0.5) is 5.69 Å². The van der Waals surface area contributed by atoms with Crippen molar-refractivity contribution in [3.05, 3.63) is 18.2 Å². The molecule has 1 N–H and O–H groups in total. The molecule has 0 aromatic heterocycles. The van der Waals surface area contributed by atoms with Crippen LogP contribution in [0.3, 0.4) is 0 Å². The first-order valence-electron chi connectivity index (χ1n) is 4.38. The first kappa shape index (κ1) is 8.23. The smallest absolute Gasteiger partial charge is 0.143 e. The predicted molar refractivity (Wildman–Crippen MR) is 51.6 cm³/mol. The molecule has 70 valence electrons. The van der Waals surface area contributed by atoms with E-state index in [1.165, 1.54) is 0 Å². The van der Waals surface area contributed by atoms with Crippen LogP contribution in [0.5, 0.6) is 11.5 Å². The van der Waals surface area contributed by atoms with Crippen LogP contribution >= 0.6 is 0 Å². The lowest BCUT2D eigenvalue weighted by atomic mass is 10.2. The summed E-state index contributed by atoms with van der Waals surface area (Å²) < 4.78 is 10.7. The monoisotopic (exact) mass is 179 g/mol. The number of hydrogen-bond acceptors (Lipinski definition) is 3. The van der Waals surface area contributed by atoms with E-state index in [9.17, 15) is 0 Å². The lowest BCUT2D eigenvalue weighted by Crippen LogP contribution is -2.27. The predicted octanol–water partition coefficient (Wildman–Crippen LogP) is 1.89. The Bertz CT molecular complexity index is 312. The van der Waals surface area contributed by atoms with Crippen molar-refractivity contribution in [3.63, 3.8) is 0 Å². The highest BCUT2D eigenvalue weighted by atomic mass is 16.5. The molecular weight excluding hydrogens is 166 g/mol. The van der Waals surface area contributed by atoms with E-state index in [1.54, 1.807) is 7.11 Å². The van der Waals surface area contributed by atoms with Gasteiger partial charge in [0.15, 0.2) is 0 Å². The van der Waals surface area contributed by atoms with Gasteiger partial charge in [0.05, 0.1) is 19.3 Å². The summed E-state index contributed by atoms with van der Waals surface area (Å²) in [5.74, 6) is 1.75. The van der Waals surface area contributed by atoms with Gasteiger partial charge in [-0.25, -0.2) is 0 Å². The third-order valence-electron chi connectivity index (χ3n) is 2.09. The summed E-state index contributed by atoms with van der Waals surface area (Å²) in [6.45, 7) is 2.89. The molecule has 1 aliphatic rings. The fraction of sp³-hybridized carbons (Fsp3) is 0.400. The first-order valence-corrected chi connectivity index (χ1v) is 4.38. The molecule has 1 heterocycles. The van der Waals surface area contributed by atoms with Crippen LogP contribution in [-0.2, 0) is 0 Å². The molecule has 3 heteroatoms. The number of rotatable bonds is 1. The summed E-state index contributed by atoms with van der Waals surface area (Å²) in [7, 11) is 1.66. The standard InChI is InChI=1S/C10H13NO2/c1-7-6-11-9-5-8(12-2)3-4-10(9)13-7/h3-5,7,11H,6H2,1-2H3/t7-/m0/s1. The van der Waals surface area contributed by atoms with E-state index >= 15 is 0 Å². The number of methoxy groups -OCH3 is 1. The van der Waals surface area contributed by atoms with Crippen molar-refractivity contribution >= 4 is 5.69 Å². The zero-order valence-electron chi connectivity index (χ0n) is 7.83. The molecule has 0 fully saturated rings. The van der Waals surface area contributed by atoms with Gasteiger partial charge in [-0.15, -0.1) is 0 Å². The van der Waals surface area contributed by atoms with Gasteiger partial charge < -0.3 is 14.8 Å². The van der Waals surface area contributed by atoms with Gasteiger partial charge in [-0.1, -0.05) is 0 Å². The van der Waals surface area contributed by atoms with Crippen molar-refractivity contribution in [2.45, 2.75) is 13.0 Å². The maximum Gasteiger partial charge on any atom is 0.143 e. The second-order valence-corrected chi connectivity index (χ2v) is 3.17. The van der Waals surface area contributed by atoms with E-state index in [4.69, 9.17) is 9.47 Å². The van der Waals surface area contributed by atoms with Crippen LogP contribution in [0, 0.1) is 0 Å². The van der Waals surface area contributed by atoms with Crippen LogP contribution in [0.2, 0.25) is 0 Å². The van der Waals surface area contributed by atoms with Crippen LogP contribution in [0.1, 0.15) is 6.92 Å². The molecule has 0 saturated carbocycles. The topological polar surface area (TPSA) is 30.5 Å². The van der Waals surface area contributed by atoms with Crippen molar-refractivity contribution in [1.82, 2.24) is 0 Å². The second kappa shape index (κ2) is 3.17. The Hall–Kier alpha value is -1.38. The lowest BCUT2D eigenvalue weighted by Gasteiger charge is -2.24. The van der Waals surface area contributed by atoms with Crippen LogP contribution < -0.4 is 14.8 Å². The first-order chi connectivity index (χ1) is 6.29. The van der Waals surface area contributed by atoms with Crippen molar-refractivity contribution in [2.24, 2.45) is 0 Å². The quantitative estimate of drug-likeness (QED) is 0.714. The molecular formula is C10H13NO2. The molecule has 0 amide bonds. The Kier molecular flexibility index (Phi) is 2.00. The molecule has 0 saturated heterocycles. The molecule has 0 unspecified atom stereocenters. The van der Waals surface area contributed by atoms with Gasteiger partial charge in [-0.2, -0.15) is 0 Å². The van der Waals surface area contributed by atoms with Crippen molar-refractivity contribution < 1.29 is 9.47 Å². The lowest BCUT2D eigenvalue weighted by molar-refractivity contribution is 0.225. The minimum Gasteiger partial charge on any atom is -0.497 e. The SMILES string of the molecule is COc1ccc2c(c1)NC[C@H](C)O2. The van der Waals surface area contributed by atoms with Gasteiger partial charge >= 0.3 is 0 Å². The molecule has 0 aliphatic carbocycles. The molecule has 0 spiro atoms. The maximum absolute atomic E-state index is 5.61. The summed E-state index contributed by atoms with van der Waals surface area (Å²) >= 11 is 0. The highest BCUT2D eigenvalue weighted by Gasteiger charge is 2.15. The Balaban J connectivity index is 2.31. The second-order valence-electron chi connectivity index (χ2n) is 3.17. The summed E-state index contributed by atoms with van der Waals surface area (Å²) in [6, 6.07) is 5.77. The molecule has 0 radical (unpaired) electrons. The fourth-order valence-electron chi connectivity index (χ4n) is 1.39. The average molecular weight is 179 g/mol. The number of benzene rings is 1. The van der Waals surface area contributed by atoms with E-state index in [-0.39, 0.29) is 6.10 Å². The van der Waals surface area contributed by atoms with Gasteiger partial charge in [0.1, 0.15) is 17.6 Å². The largest absolute Gasteiger partial charge is 0.497 e. The van der Waals surface area contributed by atoms with Crippen LogP contribution in [-0.4, -0.2) is 19.8 Å². The molecule has 1 atom stereocenters. The fourth-order valence-corrected chi connectivity index (χ4v) is 1.39. The van der Waals surface area contributed by atoms with E-state index in [2.05, 4.69) is 5.32 Å². The average Bonchev–Trinajstić information content (AvgIpc) is 2.17. The van der Waals surface area contributed by atoms with Gasteiger partial charge in [-0.05, 0) is 19.1 Å². The molecule has 1 aliphatic heterocycles. The zero-order chi connectivity index (χ0) is 9.26. The Morgan fingerprint density at radius 2 is 2.38 bits per heavy atom. The number of ether oxygens (including phenoxy) is 2. The number of nitrogens with one attached hydrogen (secondary N) is 1. The molecule has 0 bridgehead atoms. The highest BCUT2D eigenvalue weighted by molar-refractivity contribution is 5.61. The summed E-state index contributed by atoms with van der Waals surface area (Å²) in [5.41, 5.74) is 1.01. The normalized spacial score (nSPS) is 19.7. The molecule has 1 aromatic rings. The molecule has 2 rings (SSSR count). The minimum absolute atomic E-state index is 0.237. The molecule has 13 heavy (non-hydrogen) atoms.